The first-order chi connectivity index (χ1) is 9.35. The number of aromatic nitrogens is 2. The standard InChI is InChI=1S/C16H15N3/c17-9-13-7-12(10-18-11-13)8-15-6-5-14-3-1-2-4-16(14)19-15/h1-7,10-11H,8-9,17H2. The Hall–Kier alpha value is -2.26. The molecule has 0 aliphatic carbocycles. The van der Waals surface area contributed by atoms with Gasteiger partial charge in [0.2, 0.25) is 0 Å². The van der Waals surface area contributed by atoms with Crippen molar-refractivity contribution in [2.24, 2.45) is 5.73 Å². The van der Waals surface area contributed by atoms with Crippen molar-refractivity contribution in [3.8, 4) is 0 Å². The lowest BCUT2D eigenvalue weighted by Gasteiger charge is -2.04. The minimum Gasteiger partial charge on any atom is -0.326 e. The maximum atomic E-state index is 5.63. The Morgan fingerprint density at radius 1 is 0.947 bits per heavy atom. The van der Waals surface area contributed by atoms with Gasteiger partial charge in [0.15, 0.2) is 0 Å². The van der Waals surface area contributed by atoms with Crippen LogP contribution in [0.2, 0.25) is 0 Å². The molecule has 0 spiro atoms. The summed E-state index contributed by atoms with van der Waals surface area (Å²) in [6, 6.07) is 14.4. The zero-order valence-electron chi connectivity index (χ0n) is 10.6. The summed E-state index contributed by atoms with van der Waals surface area (Å²) in [7, 11) is 0. The zero-order chi connectivity index (χ0) is 13.1. The van der Waals surface area contributed by atoms with Crippen LogP contribution < -0.4 is 5.73 Å². The molecule has 3 rings (SSSR count). The summed E-state index contributed by atoms with van der Waals surface area (Å²) in [6.45, 7) is 0.520. The molecule has 3 aromatic rings. The molecule has 0 bridgehead atoms. The summed E-state index contributed by atoms with van der Waals surface area (Å²) in [5.74, 6) is 0. The van der Waals surface area contributed by atoms with Gasteiger partial charge in [-0.15, -0.1) is 0 Å². The van der Waals surface area contributed by atoms with Gasteiger partial charge in [0.1, 0.15) is 0 Å². The average molecular weight is 249 g/mol. The van der Waals surface area contributed by atoms with Crippen LogP contribution in [0.1, 0.15) is 16.8 Å². The third kappa shape index (κ3) is 2.61. The Labute approximate surface area is 112 Å². The van der Waals surface area contributed by atoms with E-state index in [1.54, 1.807) is 6.20 Å². The predicted molar refractivity (Wildman–Crippen MR) is 76.7 cm³/mol. The Morgan fingerprint density at radius 3 is 2.68 bits per heavy atom. The van der Waals surface area contributed by atoms with E-state index in [4.69, 9.17) is 5.73 Å². The van der Waals surface area contributed by atoms with Gasteiger partial charge in [-0.3, -0.25) is 9.97 Å². The normalized spacial score (nSPS) is 10.8. The summed E-state index contributed by atoms with van der Waals surface area (Å²) in [4.78, 5) is 8.87. The first kappa shape index (κ1) is 11.8. The minimum absolute atomic E-state index is 0.520. The van der Waals surface area contributed by atoms with E-state index in [2.05, 4.69) is 34.2 Å². The highest BCUT2D eigenvalue weighted by molar-refractivity contribution is 5.78. The smallest absolute Gasteiger partial charge is 0.0705 e. The predicted octanol–water partition coefficient (Wildman–Crippen LogP) is 2.68. The van der Waals surface area contributed by atoms with Crippen molar-refractivity contribution < 1.29 is 0 Å². The van der Waals surface area contributed by atoms with E-state index in [1.165, 1.54) is 5.39 Å². The van der Waals surface area contributed by atoms with Crippen LogP contribution in [-0.2, 0) is 13.0 Å². The molecule has 19 heavy (non-hydrogen) atoms. The van der Waals surface area contributed by atoms with Gasteiger partial charge in [0.05, 0.1) is 5.52 Å². The lowest BCUT2D eigenvalue weighted by atomic mass is 10.1. The van der Waals surface area contributed by atoms with E-state index in [1.807, 2.05) is 24.4 Å². The summed E-state index contributed by atoms with van der Waals surface area (Å²) < 4.78 is 0. The van der Waals surface area contributed by atoms with Gasteiger partial charge in [-0.25, -0.2) is 0 Å². The van der Waals surface area contributed by atoms with Crippen molar-refractivity contribution in [3.05, 3.63) is 71.7 Å². The van der Waals surface area contributed by atoms with Crippen LogP contribution >= 0.6 is 0 Å². The number of hydrogen-bond acceptors (Lipinski definition) is 3. The maximum absolute atomic E-state index is 5.63. The van der Waals surface area contributed by atoms with Crippen molar-refractivity contribution in [2.45, 2.75) is 13.0 Å². The number of pyridine rings is 2. The molecule has 0 aliphatic rings. The second kappa shape index (κ2) is 5.16. The molecule has 3 nitrogen and oxygen atoms in total. The monoisotopic (exact) mass is 249 g/mol. The van der Waals surface area contributed by atoms with Gasteiger partial charge < -0.3 is 5.73 Å². The fraction of sp³-hybridized carbons (Fsp3) is 0.125. The Bertz CT molecular complexity index is 707. The number of nitrogens with two attached hydrogens (primary N) is 1. The van der Waals surface area contributed by atoms with E-state index in [0.717, 1.165) is 28.8 Å². The minimum atomic E-state index is 0.520. The third-order valence-corrected chi connectivity index (χ3v) is 3.13. The second-order valence-electron chi connectivity index (χ2n) is 4.58. The quantitative estimate of drug-likeness (QED) is 0.776. The van der Waals surface area contributed by atoms with E-state index in [0.29, 0.717) is 6.54 Å². The van der Waals surface area contributed by atoms with Crippen molar-refractivity contribution in [1.29, 1.82) is 0 Å². The van der Waals surface area contributed by atoms with Gasteiger partial charge in [0.25, 0.3) is 0 Å². The van der Waals surface area contributed by atoms with Gasteiger partial charge in [-0.1, -0.05) is 30.3 Å². The molecule has 3 heteroatoms. The molecule has 2 heterocycles. The average Bonchev–Trinajstić information content (AvgIpc) is 2.47. The van der Waals surface area contributed by atoms with Crippen molar-refractivity contribution in [2.75, 3.05) is 0 Å². The molecule has 0 saturated carbocycles. The Kier molecular flexibility index (Phi) is 3.21. The zero-order valence-corrected chi connectivity index (χ0v) is 10.6. The molecule has 0 fully saturated rings. The number of benzene rings is 1. The fourth-order valence-corrected chi connectivity index (χ4v) is 2.17. The van der Waals surface area contributed by atoms with Gasteiger partial charge >= 0.3 is 0 Å². The van der Waals surface area contributed by atoms with Crippen LogP contribution in [0.3, 0.4) is 0 Å². The van der Waals surface area contributed by atoms with E-state index >= 15 is 0 Å². The highest BCUT2D eigenvalue weighted by Gasteiger charge is 2.01. The number of fused-ring (bicyclic) bond motifs is 1. The van der Waals surface area contributed by atoms with E-state index in [9.17, 15) is 0 Å². The second-order valence-corrected chi connectivity index (χ2v) is 4.58. The largest absolute Gasteiger partial charge is 0.326 e. The lowest BCUT2D eigenvalue weighted by molar-refractivity contribution is 1.01. The van der Waals surface area contributed by atoms with Gasteiger partial charge in [-0.05, 0) is 23.3 Å². The Morgan fingerprint density at radius 2 is 1.79 bits per heavy atom. The first-order valence-electron chi connectivity index (χ1n) is 6.33. The molecular weight excluding hydrogens is 234 g/mol. The van der Waals surface area contributed by atoms with Crippen LogP contribution in [0, 0.1) is 0 Å². The molecule has 1 aromatic carbocycles. The highest BCUT2D eigenvalue weighted by atomic mass is 14.7. The molecule has 2 N–H and O–H groups in total. The molecule has 0 unspecified atom stereocenters. The third-order valence-electron chi connectivity index (χ3n) is 3.13. The van der Waals surface area contributed by atoms with Crippen molar-refractivity contribution in [3.63, 3.8) is 0 Å². The summed E-state index contributed by atoms with van der Waals surface area (Å²) >= 11 is 0. The summed E-state index contributed by atoms with van der Waals surface area (Å²) in [5, 5.41) is 1.17. The van der Waals surface area contributed by atoms with E-state index < -0.39 is 0 Å². The van der Waals surface area contributed by atoms with Gasteiger partial charge in [0, 0.05) is 36.4 Å². The van der Waals surface area contributed by atoms with Crippen LogP contribution in [-0.4, -0.2) is 9.97 Å². The van der Waals surface area contributed by atoms with Crippen LogP contribution in [0.15, 0.2) is 54.9 Å². The molecule has 0 atom stereocenters. The lowest BCUT2D eigenvalue weighted by Crippen LogP contribution is -1.99. The fourth-order valence-electron chi connectivity index (χ4n) is 2.17. The molecule has 0 radical (unpaired) electrons. The van der Waals surface area contributed by atoms with Gasteiger partial charge in [-0.2, -0.15) is 0 Å². The molecule has 0 aliphatic heterocycles. The number of rotatable bonds is 3. The topological polar surface area (TPSA) is 51.8 Å². The number of para-hydroxylation sites is 1. The van der Waals surface area contributed by atoms with Crippen LogP contribution in [0.25, 0.3) is 10.9 Å². The Balaban J connectivity index is 1.92. The first-order valence-corrected chi connectivity index (χ1v) is 6.33. The molecule has 94 valence electrons. The van der Waals surface area contributed by atoms with E-state index in [-0.39, 0.29) is 0 Å². The van der Waals surface area contributed by atoms with Crippen LogP contribution in [0.5, 0.6) is 0 Å². The van der Waals surface area contributed by atoms with Crippen LogP contribution in [0.4, 0.5) is 0 Å². The van der Waals surface area contributed by atoms with Crippen molar-refractivity contribution in [1.82, 2.24) is 9.97 Å². The highest BCUT2D eigenvalue weighted by Crippen LogP contribution is 2.14. The van der Waals surface area contributed by atoms with Crippen molar-refractivity contribution >= 4 is 10.9 Å². The molecule has 2 aromatic heterocycles. The molecule has 0 amide bonds. The molecule has 0 saturated heterocycles. The number of hydrogen-bond donors (Lipinski definition) is 1. The number of nitrogens with zero attached hydrogens (tertiary/aromatic N) is 2. The summed E-state index contributed by atoms with van der Waals surface area (Å²) in [5.41, 5.74) is 9.91. The summed E-state index contributed by atoms with van der Waals surface area (Å²) in [6.07, 6.45) is 4.46. The molecular formula is C16H15N3. The maximum Gasteiger partial charge on any atom is 0.0705 e. The SMILES string of the molecule is NCc1cncc(Cc2ccc3ccccc3n2)c1.